The molecule has 3 rings (SSSR count). The zero-order valence-corrected chi connectivity index (χ0v) is 12.0. The van der Waals surface area contributed by atoms with Crippen LogP contribution in [0.2, 0.25) is 0 Å². The van der Waals surface area contributed by atoms with Gasteiger partial charge in [0.2, 0.25) is 0 Å². The van der Waals surface area contributed by atoms with Crippen molar-refractivity contribution in [1.29, 1.82) is 0 Å². The number of hydrogen-bond acceptors (Lipinski definition) is 1. The standard InChI is InChI=1S/C18H18N2O/c1-13(14-7-3-2-4-8-14)11-20-18(21)16-12-19-17-10-6-5-9-15(16)17/h2-10,12-13,19H,11H2,1H3,(H,20,21). The number of hydrogen-bond donors (Lipinski definition) is 2. The van der Waals surface area contributed by atoms with E-state index in [1.165, 1.54) is 5.56 Å². The van der Waals surface area contributed by atoms with Crippen molar-refractivity contribution >= 4 is 16.8 Å². The number of amides is 1. The lowest BCUT2D eigenvalue weighted by molar-refractivity contribution is 0.0953. The zero-order valence-electron chi connectivity index (χ0n) is 12.0. The van der Waals surface area contributed by atoms with E-state index in [9.17, 15) is 4.79 Å². The predicted molar refractivity (Wildman–Crippen MR) is 85.5 cm³/mol. The number of benzene rings is 2. The summed E-state index contributed by atoms with van der Waals surface area (Å²) in [5.74, 6) is 0.260. The lowest BCUT2D eigenvalue weighted by atomic mass is 10.0. The molecule has 3 nitrogen and oxygen atoms in total. The van der Waals surface area contributed by atoms with E-state index >= 15 is 0 Å². The van der Waals surface area contributed by atoms with Gasteiger partial charge in [-0.15, -0.1) is 0 Å². The van der Waals surface area contributed by atoms with E-state index in [0.29, 0.717) is 18.0 Å². The van der Waals surface area contributed by atoms with Crippen molar-refractivity contribution in [3.05, 3.63) is 71.9 Å². The van der Waals surface area contributed by atoms with Crippen LogP contribution in [0.25, 0.3) is 10.9 Å². The summed E-state index contributed by atoms with van der Waals surface area (Å²) in [5, 5.41) is 3.98. The van der Waals surface area contributed by atoms with Crippen molar-refractivity contribution in [3.63, 3.8) is 0 Å². The van der Waals surface area contributed by atoms with Gasteiger partial charge in [0.25, 0.3) is 5.91 Å². The van der Waals surface area contributed by atoms with Crippen molar-refractivity contribution < 1.29 is 4.79 Å². The van der Waals surface area contributed by atoms with Gasteiger partial charge in [-0.05, 0) is 17.5 Å². The molecule has 1 aromatic heterocycles. The molecular weight excluding hydrogens is 260 g/mol. The molecule has 2 aromatic carbocycles. The monoisotopic (exact) mass is 278 g/mol. The van der Waals surface area contributed by atoms with Gasteiger partial charge in [0, 0.05) is 23.6 Å². The number of carbonyl (C=O) groups excluding carboxylic acids is 1. The number of aromatic nitrogens is 1. The highest BCUT2D eigenvalue weighted by Gasteiger charge is 2.13. The second-order valence-electron chi connectivity index (χ2n) is 5.27. The van der Waals surface area contributed by atoms with Gasteiger partial charge in [-0.3, -0.25) is 4.79 Å². The summed E-state index contributed by atoms with van der Waals surface area (Å²) in [7, 11) is 0. The number of aromatic amines is 1. The second kappa shape index (κ2) is 5.83. The fraction of sp³-hybridized carbons (Fsp3) is 0.167. The van der Waals surface area contributed by atoms with Gasteiger partial charge in [0.05, 0.1) is 5.56 Å². The van der Waals surface area contributed by atoms with Crippen molar-refractivity contribution in [2.45, 2.75) is 12.8 Å². The third-order valence-corrected chi connectivity index (χ3v) is 3.77. The summed E-state index contributed by atoms with van der Waals surface area (Å²) in [6.45, 7) is 2.74. The molecule has 106 valence electrons. The summed E-state index contributed by atoms with van der Waals surface area (Å²) >= 11 is 0. The Morgan fingerprint density at radius 1 is 1.10 bits per heavy atom. The molecule has 1 unspecified atom stereocenters. The van der Waals surface area contributed by atoms with Crippen LogP contribution in [0.5, 0.6) is 0 Å². The molecule has 0 aliphatic carbocycles. The molecule has 0 bridgehead atoms. The van der Waals surface area contributed by atoms with Gasteiger partial charge in [-0.25, -0.2) is 0 Å². The summed E-state index contributed by atoms with van der Waals surface area (Å²) < 4.78 is 0. The Balaban J connectivity index is 1.70. The lowest BCUT2D eigenvalue weighted by Gasteiger charge is -2.12. The highest BCUT2D eigenvalue weighted by Crippen LogP contribution is 2.18. The molecule has 0 saturated carbocycles. The first-order valence-corrected chi connectivity index (χ1v) is 7.15. The molecule has 3 aromatic rings. The molecule has 21 heavy (non-hydrogen) atoms. The fourth-order valence-corrected chi connectivity index (χ4v) is 2.50. The number of para-hydroxylation sites is 1. The molecule has 0 saturated heterocycles. The quantitative estimate of drug-likeness (QED) is 0.751. The van der Waals surface area contributed by atoms with Crippen LogP contribution in [0.1, 0.15) is 28.8 Å². The smallest absolute Gasteiger partial charge is 0.253 e. The van der Waals surface area contributed by atoms with E-state index in [4.69, 9.17) is 0 Å². The molecule has 0 aliphatic heterocycles. The average Bonchev–Trinajstić information content (AvgIpc) is 2.97. The van der Waals surface area contributed by atoms with E-state index < -0.39 is 0 Å². The zero-order chi connectivity index (χ0) is 14.7. The van der Waals surface area contributed by atoms with Gasteiger partial charge in [-0.2, -0.15) is 0 Å². The van der Waals surface area contributed by atoms with Gasteiger partial charge < -0.3 is 10.3 Å². The third kappa shape index (κ3) is 2.82. The van der Waals surface area contributed by atoms with Gasteiger partial charge in [-0.1, -0.05) is 55.5 Å². The Morgan fingerprint density at radius 3 is 2.62 bits per heavy atom. The van der Waals surface area contributed by atoms with Gasteiger partial charge in [0.15, 0.2) is 0 Å². The minimum Gasteiger partial charge on any atom is -0.360 e. The van der Waals surface area contributed by atoms with Crippen molar-refractivity contribution in [2.75, 3.05) is 6.54 Å². The van der Waals surface area contributed by atoms with Crippen LogP contribution in [0, 0.1) is 0 Å². The topological polar surface area (TPSA) is 44.9 Å². The Labute approximate surface area is 124 Å². The maximum atomic E-state index is 12.3. The minimum absolute atomic E-state index is 0.0322. The van der Waals surface area contributed by atoms with Crippen LogP contribution in [0.4, 0.5) is 0 Å². The Kier molecular flexibility index (Phi) is 3.73. The van der Waals surface area contributed by atoms with Crippen molar-refractivity contribution in [1.82, 2.24) is 10.3 Å². The van der Waals surface area contributed by atoms with E-state index in [0.717, 1.165) is 10.9 Å². The van der Waals surface area contributed by atoms with E-state index in [-0.39, 0.29) is 5.91 Å². The largest absolute Gasteiger partial charge is 0.360 e. The summed E-state index contributed by atoms with van der Waals surface area (Å²) in [5.41, 5.74) is 2.92. The third-order valence-electron chi connectivity index (χ3n) is 3.77. The van der Waals surface area contributed by atoms with E-state index in [2.05, 4.69) is 29.4 Å². The van der Waals surface area contributed by atoms with Crippen LogP contribution in [-0.2, 0) is 0 Å². The van der Waals surface area contributed by atoms with Crippen LogP contribution in [-0.4, -0.2) is 17.4 Å². The average molecular weight is 278 g/mol. The molecule has 1 amide bonds. The first-order valence-electron chi connectivity index (χ1n) is 7.15. The van der Waals surface area contributed by atoms with Crippen LogP contribution >= 0.6 is 0 Å². The number of fused-ring (bicyclic) bond motifs is 1. The Bertz CT molecular complexity index is 746. The molecule has 1 heterocycles. The van der Waals surface area contributed by atoms with Gasteiger partial charge >= 0.3 is 0 Å². The maximum Gasteiger partial charge on any atom is 0.253 e. The van der Waals surface area contributed by atoms with Crippen molar-refractivity contribution in [2.24, 2.45) is 0 Å². The number of H-pyrrole nitrogens is 1. The highest BCUT2D eigenvalue weighted by atomic mass is 16.1. The van der Waals surface area contributed by atoms with E-state index in [1.54, 1.807) is 6.20 Å². The van der Waals surface area contributed by atoms with Crippen LogP contribution in [0.3, 0.4) is 0 Å². The molecule has 0 radical (unpaired) electrons. The maximum absolute atomic E-state index is 12.3. The molecule has 1 atom stereocenters. The molecular formula is C18H18N2O. The van der Waals surface area contributed by atoms with Crippen LogP contribution < -0.4 is 5.32 Å². The minimum atomic E-state index is -0.0322. The molecule has 3 heteroatoms. The number of carbonyl (C=O) groups is 1. The fourth-order valence-electron chi connectivity index (χ4n) is 2.50. The molecule has 0 fully saturated rings. The van der Waals surface area contributed by atoms with E-state index in [1.807, 2.05) is 42.5 Å². The SMILES string of the molecule is CC(CNC(=O)c1c[nH]c2ccccc12)c1ccccc1. The first-order chi connectivity index (χ1) is 10.3. The first kappa shape index (κ1) is 13.4. The summed E-state index contributed by atoms with van der Waals surface area (Å²) in [6, 6.07) is 18.0. The Morgan fingerprint density at radius 2 is 1.81 bits per heavy atom. The highest BCUT2D eigenvalue weighted by molar-refractivity contribution is 6.06. The number of nitrogens with one attached hydrogen (secondary N) is 2. The van der Waals surface area contributed by atoms with Gasteiger partial charge in [0.1, 0.15) is 0 Å². The second-order valence-corrected chi connectivity index (χ2v) is 5.27. The lowest BCUT2D eigenvalue weighted by Crippen LogP contribution is -2.27. The van der Waals surface area contributed by atoms with Crippen LogP contribution in [0.15, 0.2) is 60.8 Å². The molecule has 0 spiro atoms. The number of rotatable bonds is 4. The molecule has 2 N–H and O–H groups in total. The normalized spacial score (nSPS) is 12.2. The van der Waals surface area contributed by atoms with Crippen molar-refractivity contribution in [3.8, 4) is 0 Å². The summed E-state index contributed by atoms with van der Waals surface area (Å²) in [4.78, 5) is 15.5. The molecule has 0 aliphatic rings. The summed E-state index contributed by atoms with van der Waals surface area (Å²) in [6.07, 6.45) is 1.77. The predicted octanol–water partition coefficient (Wildman–Crippen LogP) is 3.70. The Hall–Kier alpha value is -2.55.